The maximum atomic E-state index is 12.1. The van der Waals surface area contributed by atoms with Crippen LogP contribution in [0.15, 0.2) is 30.3 Å². The largest absolute Gasteiger partial charge is 0.387 e. The molecule has 2 rings (SSSR count). The third-order valence-electron chi connectivity index (χ3n) is 3.54. The lowest BCUT2D eigenvalue weighted by Crippen LogP contribution is -2.50. The Morgan fingerprint density at radius 3 is 2.48 bits per heavy atom. The van der Waals surface area contributed by atoms with Gasteiger partial charge in [0.25, 0.3) is 0 Å². The van der Waals surface area contributed by atoms with Gasteiger partial charge in [-0.05, 0) is 18.6 Å². The number of hydrogen-bond donors (Lipinski definition) is 1. The van der Waals surface area contributed by atoms with E-state index in [1.165, 1.54) is 0 Å². The van der Waals surface area contributed by atoms with Crippen molar-refractivity contribution in [3.63, 3.8) is 0 Å². The number of piperazine rings is 1. The SMILES string of the molecule is Cc1cccc(/C=C/C(=O)N2CCN(C(=O)CO)CC2)c1. The molecule has 2 amide bonds. The highest BCUT2D eigenvalue weighted by Crippen LogP contribution is 2.08. The Labute approximate surface area is 124 Å². The fourth-order valence-corrected chi connectivity index (χ4v) is 2.32. The molecular formula is C16H20N2O3. The molecule has 1 heterocycles. The zero-order valence-electron chi connectivity index (χ0n) is 12.2. The van der Waals surface area contributed by atoms with Gasteiger partial charge < -0.3 is 14.9 Å². The number of amides is 2. The predicted molar refractivity (Wildman–Crippen MR) is 80.5 cm³/mol. The van der Waals surface area contributed by atoms with Gasteiger partial charge in [-0.2, -0.15) is 0 Å². The fourth-order valence-electron chi connectivity index (χ4n) is 2.32. The van der Waals surface area contributed by atoms with E-state index >= 15 is 0 Å². The maximum Gasteiger partial charge on any atom is 0.248 e. The van der Waals surface area contributed by atoms with E-state index in [9.17, 15) is 9.59 Å². The van der Waals surface area contributed by atoms with Crippen LogP contribution in [-0.2, 0) is 9.59 Å². The lowest BCUT2D eigenvalue weighted by atomic mass is 10.1. The molecule has 0 saturated carbocycles. The average molecular weight is 288 g/mol. The molecule has 0 unspecified atom stereocenters. The Kier molecular flexibility index (Phi) is 5.11. The molecule has 112 valence electrons. The number of carbonyl (C=O) groups excluding carboxylic acids is 2. The van der Waals surface area contributed by atoms with Crippen LogP contribution in [-0.4, -0.2) is 59.5 Å². The molecule has 0 radical (unpaired) electrons. The molecule has 1 aliphatic rings. The summed E-state index contributed by atoms with van der Waals surface area (Å²) in [5.41, 5.74) is 2.15. The second-order valence-corrected chi connectivity index (χ2v) is 5.11. The van der Waals surface area contributed by atoms with Crippen LogP contribution < -0.4 is 0 Å². The van der Waals surface area contributed by atoms with Crippen LogP contribution in [0.25, 0.3) is 6.08 Å². The molecule has 1 saturated heterocycles. The summed E-state index contributed by atoms with van der Waals surface area (Å²) in [4.78, 5) is 26.7. The van der Waals surface area contributed by atoms with Gasteiger partial charge >= 0.3 is 0 Å². The minimum atomic E-state index is -0.471. The van der Waals surface area contributed by atoms with Crippen LogP contribution in [0.4, 0.5) is 0 Å². The summed E-state index contributed by atoms with van der Waals surface area (Å²) in [6.45, 7) is 3.50. The summed E-state index contributed by atoms with van der Waals surface area (Å²) in [5.74, 6) is -0.329. The van der Waals surface area contributed by atoms with Crippen molar-refractivity contribution in [3.8, 4) is 0 Å². The van der Waals surface area contributed by atoms with E-state index < -0.39 is 6.61 Å². The summed E-state index contributed by atoms with van der Waals surface area (Å²) in [6.07, 6.45) is 3.37. The third kappa shape index (κ3) is 4.16. The molecule has 0 aliphatic carbocycles. The molecule has 1 fully saturated rings. The van der Waals surface area contributed by atoms with E-state index in [2.05, 4.69) is 0 Å². The van der Waals surface area contributed by atoms with Crippen molar-refractivity contribution in [2.24, 2.45) is 0 Å². The number of nitrogens with zero attached hydrogens (tertiary/aromatic N) is 2. The number of rotatable bonds is 3. The smallest absolute Gasteiger partial charge is 0.248 e. The van der Waals surface area contributed by atoms with E-state index in [1.807, 2.05) is 31.2 Å². The fraction of sp³-hybridized carbons (Fsp3) is 0.375. The van der Waals surface area contributed by atoms with Gasteiger partial charge in [-0.15, -0.1) is 0 Å². The minimum Gasteiger partial charge on any atom is -0.387 e. The molecule has 0 aromatic heterocycles. The molecule has 21 heavy (non-hydrogen) atoms. The average Bonchev–Trinajstić information content (AvgIpc) is 2.52. The maximum absolute atomic E-state index is 12.1. The Morgan fingerprint density at radius 1 is 1.19 bits per heavy atom. The second kappa shape index (κ2) is 7.04. The van der Waals surface area contributed by atoms with Crippen molar-refractivity contribution in [3.05, 3.63) is 41.5 Å². The van der Waals surface area contributed by atoms with E-state index in [4.69, 9.17) is 5.11 Å². The van der Waals surface area contributed by atoms with Gasteiger partial charge in [0.15, 0.2) is 0 Å². The Morgan fingerprint density at radius 2 is 1.86 bits per heavy atom. The molecule has 5 heteroatoms. The Hall–Kier alpha value is -2.14. The van der Waals surface area contributed by atoms with Crippen molar-refractivity contribution in [2.75, 3.05) is 32.8 Å². The molecule has 1 aromatic carbocycles. The molecular weight excluding hydrogens is 268 g/mol. The zero-order chi connectivity index (χ0) is 15.2. The molecule has 0 bridgehead atoms. The summed E-state index contributed by atoms with van der Waals surface area (Å²) in [5, 5.41) is 8.81. The zero-order valence-corrected chi connectivity index (χ0v) is 12.2. The van der Waals surface area contributed by atoms with Crippen LogP contribution in [0.5, 0.6) is 0 Å². The van der Waals surface area contributed by atoms with Gasteiger partial charge in [-0.1, -0.05) is 29.8 Å². The van der Waals surface area contributed by atoms with Gasteiger partial charge in [0.05, 0.1) is 0 Å². The van der Waals surface area contributed by atoms with Crippen LogP contribution in [0.1, 0.15) is 11.1 Å². The van der Waals surface area contributed by atoms with Crippen molar-refractivity contribution >= 4 is 17.9 Å². The van der Waals surface area contributed by atoms with Crippen LogP contribution in [0.2, 0.25) is 0 Å². The van der Waals surface area contributed by atoms with Crippen molar-refractivity contribution < 1.29 is 14.7 Å². The number of aliphatic hydroxyl groups excluding tert-OH is 1. The topological polar surface area (TPSA) is 60.9 Å². The summed E-state index contributed by atoms with van der Waals surface area (Å²) in [7, 11) is 0. The molecule has 1 N–H and O–H groups in total. The number of hydrogen-bond acceptors (Lipinski definition) is 3. The number of carbonyl (C=O) groups is 2. The molecule has 1 aliphatic heterocycles. The lowest BCUT2D eigenvalue weighted by molar-refractivity contribution is -0.139. The highest BCUT2D eigenvalue weighted by molar-refractivity contribution is 5.92. The molecule has 5 nitrogen and oxygen atoms in total. The Balaban J connectivity index is 1.89. The number of benzene rings is 1. The third-order valence-corrected chi connectivity index (χ3v) is 3.54. The normalized spacial score (nSPS) is 15.5. The van der Waals surface area contributed by atoms with Gasteiger partial charge in [-0.3, -0.25) is 9.59 Å². The minimum absolute atomic E-state index is 0.0485. The van der Waals surface area contributed by atoms with Gasteiger partial charge in [0.1, 0.15) is 6.61 Å². The van der Waals surface area contributed by atoms with E-state index in [0.29, 0.717) is 26.2 Å². The molecule has 0 spiro atoms. The quantitative estimate of drug-likeness (QED) is 0.832. The first-order valence-electron chi connectivity index (χ1n) is 7.02. The van der Waals surface area contributed by atoms with Gasteiger partial charge in [0, 0.05) is 32.3 Å². The van der Waals surface area contributed by atoms with Crippen LogP contribution in [0.3, 0.4) is 0 Å². The first-order valence-corrected chi connectivity index (χ1v) is 7.02. The summed E-state index contributed by atoms with van der Waals surface area (Å²) < 4.78 is 0. The van der Waals surface area contributed by atoms with Crippen molar-refractivity contribution in [2.45, 2.75) is 6.92 Å². The highest BCUT2D eigenvalue weighted by atomic mass is 16.3. The van der Waals surface area contributed by atoms with Crippen LogP contribution >= 0.6 is 0 Å². The first kappa shape index (κ1) is 15.3. The number of aliphatic hydroxyl groups is 1. The van der Waals surface area contributed by atoms with Crippen molar-refractivity contribution in [1.82, 2.24) is 9.80 Å². The Bertz CT molecular complexity index is 546. The predicted octanol–water partition coefficient (Wildman–Crippen LogP) is 0.671. The standard InChI is InChI=1S/C16H20N2O3/c1-13-3-2-4-14(11-13)5-6-15(20)17-7-9-18(10-8-17)16(21)12-19/h2-6,11,19H,7-10,12H2,1H3/b6-5+. The summed E-state index contributed by atoms with van der Waals surface area (Å²) >= 11 is 0. The molecule has 1 aromatic rings. The number of aryl methyl sites for hydroxylation is 1. The molecule has 0 atom stereocenters. The van der Waals surface area contributed by atoms with Crippen LogP contribution in [0, 0.1) is 6.92 Å². The van der Waals surface area contributed by atoms with E-state index in [-0.39, 0.29) is 11.8 Å². The van der Waals surface area contributed by atoms with E-state index in [0.717, 1.165) is 11.1 Å². The van der Waals surface area contributed by atoms with Gasteiger partial charge in [-0.25, -0.2) is 0 Å². The first-order chi connectivity index (χ1) is 10.1. The lowest BCUT2D eigenvalue weighted by Gasteiger charge is -2.33. The van der Waals surface area contributed by atoms with Gasteiger partial charge in [0.2, 0.25) is 11.8 Å². The second-order valence-electron chi connectivity index (χ2n) is 5.11. The van der Waals surface area contributed by atoms with E-state index in [1.54, 1.807) is 22.0 Å². The monoisotopic (exact) mass is 288 g/mol. The summed E-state index contributed by atoms with van der Waals surface area (Å²) in [6, 6.07) is 7.94. The highest BCUT2D eigenvalue weighted by Gasteiger charge is 2.22. The van der Waals surface area contributed by atoms with Crippen molar-refractivity contribution in [1.29, 1.82) is 0 Å².